The summed E-state index contributed by atoms with van der Waals surface area (Å²) < 4.78 is 0. The fourth-order valence-electron chi connectivity index (χ4n) is 2.15. The highest BCUT2D eigenvalue weighted by molar-refractivity contribution is 6.30. The van der Waals surface area contributed by atoms with Gasteiger partial charge in [0, 0.05) is 30.3 Å². The van der Waals surface area contributed by atoms with E-state index in [1.165, 1.54) is 0 Å². The molecule has 0 saturated carbocycles. The fourth-order valence-corrected chi connectivity index (χ4v) is 2.28. The molecule has 16 heavy (non-hydrogen) atoms. The zero-order valence-corrected chi connectivity index (χ0v) is 9.95. The van der Waals surface area contributed by atoms with Crippen LogP contribution in [0.1, 0.15) is 12.8 Å². The molecular weight excluding hydrogens is 224 g/mol. The number of nitrogens with zero attached hydrogens (tertiary/aromatic N) is 1. The minimum absolute atomic E-state index is 0.317. The minimum Gasteiger partial charge on any atom is -0.387 e. The van der Waals surface area contributed by atoms with Crippen molar-refractivity contribution in [3.63, 3.8) is 0 Å². The van der Waals surface area contributed by atoms with E-state index in [0.717, 1.165) is 30.1 Å². The van der Waals surface area contributed by atoms with Gasteiger partial charge >= 0.3 is 0 Å². The Morgan fingerprint density at radius 3 is 2.69 bits per heavy atom. The van der Waals surface area contributed by atoms with E-state index < -0.39 is 5.60 Å². The van der Waals surface area contributed by atoms with E-state index in [2.05, 4.69) is 4.90 Å². The van der Waals surface area contributed by atoms with Gasteiger partial charge in [0.2, 0.25) is 0 Å². The van der Waals surface area contributed by atoms with Crippen LogP contribution in [0.5, 0.6) is 0 Å². The summed E-state index contributed by atoms with van der Waals surface area (Å²) in [5.74, 6) is 0. The molecule has 4 heteroatoms. The first-order valence-corrected chi connectivity index (χ1v) is 5.94. The van der Waals surface area contributed by atoms with Crippen molar-refractivity contribution >= 4 is 17.3 Å². The monoisotopic (exact) mass is 240 g/mol. The van der Waals surface area contributed by atoms with Gasteiger partial charge < -0.3 is 15.7 Å². The maximum Gasteiger partial charge on any atom is 0.0943 e. The summed E-state index contributed by atoms with van der Waals surface area (Å²) in [5.41, 5.74) is 5.96. The third kappa shape index (κ3) is 2.48. The van der Waals surface area contributed by atoms with Crippen molar-refractivity contribution in [1.82, 2.24) is 0 Å². The first-order chi connectivity index (χ1) is 7.63. The summed E-state index contributed by atoms with van der Waals surface area (Å²) in [6, 6.07) is 7.69. The van der Waals surface area contributed by atoms with Gasteiger partial charge in [-0.3, -0.25) is 0 Å². The summed E-state index contributed by atoms with van der Waals surface area (Å²) in [6.45, 7) is 1.88. The molecule has 0 aliphatic carbocycles. The topological polar surface area (TPSA) is 49.5 Å². The van der Waals surface area contributed by atoms with Gasteiger partial charge in [-0.15, -0.1) is 0 Å². The highest BCUT2D eigenvalue weighted by atomic mass is 35.5. The third-order valence-corrected chi connectivity index (χ3v) is 3.38. The Labute approximate surface area is 101 Å². The van der Waals surface area contributed by atoms with E-state index in [0.29, 0.717) is 13.1 Å². The number of nitrogens with two attached hydrogens (primary N) is 1. The van der Waals surface area contributed by atoms with Gasteiger partial charge in [-0.25, -0.2) is 0 Å². The van der Waals surface area contributed by atoms with Crippen molar-refractivity contribution in [2.45, 2.75) is 18.4 Å². The standard InChI is InChI=1S/C12H17ClN2O/c13-10-2-4-11(5-3-10)15-7-1-6-12(16,8-14)9-15/h2-5,16H,1,6-9,14H2. The van der Waals surface area contributed by atoms with E-state index in [1.54, 1.807) is 0 Å². The summed E-state index contributed by atoms with van der Waals surface area (Å²) >= 11 is 5.85. The van der Waals surface area contributed by atoms with Gasteiger partial charge in [0.05, 0.1) is 5.60 Å². The van der Waals surface area contributed by atoms with Gasteiger partial charge in [0.15, 0.2) is 0 Å². The molecule has 3 nitrogen and oxygen atoms in total. The third-order valence-electron chi connectivity index (χ3n) is 3.13. The first kappa shape index (κ1) is 11.7. The smallest absolute Gasteiger partial charge is 0.0943 e. The number of benzene rings is 1. The van der Waals surface area contributed by atoms with Gasteiger partial charge in [0.25, 0.3) is 0 Å². The molecule has 3 N–H and O–H groups in total. The Balaban J connectivity index is 2.12. The zero-order chi connectivity index (χ0) is 11.6. The van der Waals surface area contributed by atoms with E-state index >= 15 is 0 Å². The fraction of sp³-hybridized carbons (Fsp3) is 0.500. The Bertz CT molecular complexity index is 355. The maximum absolute atomic E-state index is 10.2. The lowest BCUT2D eigenvalue weighted by Crippen LogP contribution is -2.52. The van der Waals surface area contributed by atoms with Crippen LogP contribution in [0.2, 0.25) is 5.02 Å². The molecule has 1 fully saturated rings. The summed E-state index contributed by atoms with van der Waals surface area (Å²) in [7, 11) is 0. The summed E-state index contributed by atoms with van der Waals surface area (Å²) in [6.07, 6.45) is 1.75. The minimum atomic E-state index is -0.738. The molecule has 0 amide bonds. The second-order valence-corrected chi connectivity index (χ2v) is 4.87. The number of β-amino-alcohol motifs (C(OH)–C–C–N with tert-alkyl or cyclic N) is 1. The van der Waals surface area contributed by atoms with Gasteiger partial charge in [-0.05, 0) is 37.1 Å². The van der Waals surface area contributed by atoms with Gasteiger partial charge in [0.1, 0.15) is 0 Å². The highest BCUT2D eigenvalue weighted by Gasteiger charge is 2.31. The SMILES string of the molecule is NCC1(O)CCCN(c2ccc(Cl)cc2)C1. The van der Waals surface area contributed by atoms with Crippen LogP contribution in [0.4, 0.5) is 5.69 Å². The Morgan fingerprint density at radius 2 is 2.06 bits per heavy atom. The average Bonchev–Trinajstić information content (AvgIpc) is 2.30. The van der Waals surface area contributed by atoms with Crippen LogP contribution in [0.3, 0.4) is 0 Å². The van der Waals surface area contributed by atoms with Crippen LogP contribution in [0, 0.1) is 0 Å². The van der Waals surface area contributed by atoms with Crippen LogP contribution < -0.4 is 10.6 Å². The Morgan fingerprint density at radius 1 is 1.38 bits per heavy atom. The number of piperidine rings is 1. The second kappa shape index (κ2) is 4.62. The number of rotatable bonds is 2. The molecule has 88 valence electrons. The molecule has 0 bridgehead atoms. The lowest BCUT2D eigenvalue weighted by Gasteiger charge is -2.39. The molecule has 1 aromatic carbocycles. The molecule has 1 aliphatic heterocycles. The molecule has 0 radical (unpaired) electrons. The van der Waals surface area contributed by atoms with Crippen LogP contribution in [0.25, 0.3) is 0 Å². The van der Waals surface area contributed by atoms with Crippen LogP contribution in [-0.2, 0) is 0 Å². The van der Waals surface area contributed by atoms with Crippen molar-refractivity contribution in [3.8, 4) is 0 Å². The van der Waals surface area contributed by atoms with Crippen molar-refractivity contribution < 1.29 is 5.11 Å². The van der Waals surface area contributed by atoms with Crippen molar-refractivity contribution in [3.05, 3.63) is 29.3 Å². The maximum atomic E-state index is 10.2. The molecule has 1 atom stereocenters. The number of anilines is 1. The lowest BCUT2D eigenvalue weighted by molar-refractivity contribution is 0.0347. The second-order valence-electron chi connectivity index (χ2n) is 4.43. The normalized spacial score (nSPS) is 25.8. The van der Waals surface area contributed by atoms with E-state index in [9.17, 15) is 5.11 Å². The summed E-state index contributed by atoms with van der Waals surface area (Å²) in [4.78, 5) is 2.16. The van der Waals surface area contributed by atoms with Crippen molar-refractivity contribution in [2.24, 2.45) is 5.73 Å². The molecule has 1 unspecified atom stereocenters. The summed E-state index contributed by atoms with van der Waals surface area (Å²) in [5, 5.41) is 10.9. The molecule has 1 heterocycles. The largest absolute Gasteiger partial charge is 0.387 e. The Kier molecular flexibility index (Phi) is 3.38. The number of hydrogen-bond acceptors (Lipinski definition) is 3. The predicted octanol–water partition coefficient (Wildman–Crippen LogP) is 1.63. The van der Waals surface area contributed by atoms with Crippen LogP contribution >= 0.6 is 11.6 Å². The van der Waals surface area contributed by atoms with Gasteiger partial charge in [-0.1, -0.05) is 11.6 Å². The van der Waals surface area contributed by atoms with Crippen LogP contribution in [0.15, 0.2) is 24.3 Å². The quantitative estimate of drug-likeness (QED) is 0.826. The lowest BCUT2D eigenvalue weighted by atomic mass is 9.93. The Hall–Kier alpha value is -0.770. The molecule has 1 saturated heterocycles. The van der Waals surface area contributed by atoms with Crippen molar-refractivity contribution in [2.75, 3.05) is 24.5 Å². The van der Waals surface area contributed by atoms with Crippen LogP contribution in [-0.4, -0.2) is 30.3 Å². The van der Waals surface area contributed by atoms with E-state index in [1.807, 2.05) is 24.3 Å². The zero-order valence-electron chi connectivity index (χ0n) is 9.19. The number of hydrogen-bond donors (Lipinski definition) is 2. The molecule has 0 spiro atoms. The van der Waals surface area contributed by atoms with E-state index in [-0.39, 0.29) is 0 Å². The van der Waals surface area contributed by atoms with Gasteiger partial charge in [-0.2, -0.15) is 0 Å². The van der Waals surface area contributed by atoms with Crippen molar-refractivity contribution in [1.29, 1.82) is 0 Å². The van der Waals surface area contributed by atoms with E-state index in [4.69, 9.17) is 17.3 Å². The predicted molar refractivity (Wildman–Crippen MR) is 66.9 cm³/mol. The molecule has 1 aliphatic rings. The molecule has 1 aromatic rings. The number of halogens is 1. The molecule has 2 rings (SSSR count). The average molecular weight is 241 g/mol. The first-order valence-electron chi connectivity index (χ1n) is 5.56. The highest BCUT2D eigenvalue weighted by Crippen LogP contribution is 2.26. The molecule has 0 aromatic heterocycles. The molecular formula is C12H17ClN2O. The number of aliphatic hydroxyl groups is 1.